The molecular formula is C10H11BrMg. The normalized spacial score (nSPS) is 8.83. The second kappa shape index (κ2) is 7.83. The molecule has 1 aromatic carbocycles. The third kappa shape index (κ3) is 4.96. The quantitative estimate of drug-likeness (QED) is 0.448. The molecule has 1 rings (SSSR count). The van der Waals surface area contributed by atoms with E-state index in [1.54, 1.807) is 0 Å². The standard InChI is InChI=1S/C10H11.BrH.Mg/c1-3-4-10-7-5-9(2)6-8-10;;/h3,5-8H,1-2H3;1H;/q-1;;+2/p-1. The van der Waals surface area contributed by atoms with Crippen LogP contribution < -0.4 is 17.0 Å². The van der Waals surface area contributed by atoms with Gasteiger partial charge in [-0.2, -0.15) is 23.8 Å². The van der Waals surface area contributed by atoms with Gasteiger partial charge in [0.25, 0.3) is 0 Å². The molecule has 0 atom stereocenters. The largest absolute Gasteiger partial charge is 2.00 e. The summed E-state index contributed by atoms with van der Waals surface area (Å²) in [7, 11) is 0. The van der Waals surface area contributed by atoms with Crippen LogP contribution in [-0.4, -0.2) is 23.1 Å². The Kier molecular flexibility index (Phi) is 9.61. The number of aryl methyl sites for hydroxylation is 1. The predicted molar refractivity (Wildman–Crippen MR) is 49.5 cm³/mol. The number of allylic oxidation sites excluding steroid dienone is 1. The van der Waals surface area contributed by atoms with Gasteiger partial charge in [-0.25, -0.2) is 0 Å². The van der Waals surface area contributed by atoms with E-state index in [4.69, 9.17) is 0 Å². The first kappa shape index (κ1) is 14.7. The summed E-state index contributed by atoms with van der Waals surface area (Å²) in [6.07, 6.45) is 5.03. The maximum absolute atomic E-state index is 3.11. The fourth-order valence-electron chi connectivity index (χ4n) is 0.816. The number of halogens is 1. The summed E-state index contributed by atoms with van der Waals surface area (Å²) in [5.41, 5.74) is 2.44. The van der Waals surface area contributed by atoms with Crippen LogP contribution >= 0.6 is 0 Å². The number of hydrogen-bond donors (Lipinski definition) is 0. The van der Waals surface area contributed by atoms with Crippen molar-refractivity contribution in [2.75, 3.05) is 0 Å². The van der Waals surface area contributed by atoms with Crippen LogP contribution in [0.1, 0.15) is 18.1 Å². The molecule has 0 bridgehead atoms. The molecule has 12 heavy (non-hydrogen) atoms. The van der Waals surface area contributed by atoms with Gasteiger partial charge in [-0.15, -0.1) is 18.2 Å². The summed E-state index contributed by atoms with van der Waals surface area (Å²) < 4.78 is 0. The fourth-order valence-corrected chi connectivity index (χ4v) is 0.816. The Hall–Kier alpha value is 0.206. The second-order valence-corrected chi connectivity index (χ2v) is 2.30. The van der Waals surface area contributed by atoms with Crippen LogP contribution in [0.3, 0.4) is 0 Å². The third-order valence-electron chi connectivity index (χ3n) is 1.36. The van der Waals surface area contributed by atoms with Crippen LogP contribution in [0.5, 0.6) is 0 Å². The molecule has 0 aromatic heterocycles. The summed E-state index contributed by atoms with van der Waals surface area (Å²) in [4.78, 5) is 0. The summed E-state index contributed by atoms with van der Waals surface area (Å²) in [6, 6.07) is 8.31. The van der Waals surface area contributed by atoms with E-state index in [1.165, 1.54) is 5.56 Å². The van der Waals surface area contributed by atoms with Crippen molar-refractivity contribution in [3.63, 3.8) is 0 Å². The van der Waals surface area contributed by atoms with E-state index in [0.717, 1.165) is 5.56 Å². The van der Waals surface area contributed by atoms with Crippen LogP contribution in [0.4, 0.5) is 0 Å². The Bertz CT molecular complexity index is 226. The van der Waals surface area contributed by atoms with Gasteiger partial charge in [0.05, 0.1) is 0 Å². The number of rotatable bonds is 1. The van der Waals surface area contributed by atoms with E-state index in [0.29, 0.717) is 0 Å². The molecular weight excluding hydrogens is 224 g/mol. The molecule has 2 heteroatoms. The fraction of sp³-hybridized carbons (Fsp3) is 0.200. The van der Waals surface area contributed by atoms with Crippen LogP contribution in [0.2, 0.25) is 0 Å². The van der Waals surface area contributed by atoms with Crippen LogP contribution in [-0.2, 0) is 0 Å². The van der Waals surface area contributed by atoms with Gasteiger partial charge >= 0.3 is 23.1 Å². The van der Waals surface area contributed by atoms with Crippen molar-refractivity contribution in [2.45, 2.75) is 13.8 Å². The molecule has 0 aliphatic carbocycles. The van der Waals surface area contributed by atoms with Crippen molar-refractivity contribution in [1.82, 2.24) is 0 Å². The second-order valence-electron chi connectivity index (χ2n) is 2.30. The van der Waals surface area contributed by atoms with Crippen molar-refractivity contribution in [1.29, 1.82) is 0 Å². The minimum atomic E-state index is 0. The van der Waals surface area contributed by atoms with Crippen molar-refractivity contribution < 1.29 is 17.0 Å². The van der Waals surface area contributed by atoms with Gasteiger partial charge in [-0.1, -0.05) is 12.5 Å². The first-order chi connectivity index (χ1) is 4.83. The Morgan fingerprint density at radius 1 is 1.17 bits per heavy atom. The molecule has 60 valence electrons. The first-order valence-corrected chi connectivity index (χ1v) is 3.44. The molecule has 0 fully saturated rings. The Balaban J connectivity index is 0. The van der Waals surface area contributed by atoms with Crippen LogP contribution in [0.25, 0.3) is 0 Å². The number of hydrogen-bond acceptors (Lipinski definition) is 0. The van der Waals surface area contributed by atoms with Crippen LogP contribution in [0, 0.1) is 13.0 Å². The van der Waals surface area contributed by atoms with Crippen molar-refractivity contribution >= 4 is 23.1 Å². The molecule has 0 N–H and O–H groups in total. The molecule has 0 radical (unpaired) electrons. The van der Waals surface area contributed by atoms with Gasteiger partial charge < -0.3 is 17.0 Å². The van der Waals surface area contributed by atoms with E-state index >= 15 is 0 Å². The van der Waals surface area contributed by atoms with Gasteiger partial charge in [0.15, 0.2) is 0 Å². The topological polar surface area (TPSA) is 0 Å². The summed E-state index contributed by atoms with van der Waals surface area (Å²) in [6.45, 7) is 4.05. The predicted octanol–water partition coefficient (Wildman–Crippen LogP) is -0.654. The van der Waals surface area contributed by atoms with Crippen molar-refractivity contribution in [2.24, 2.45) is 0 Å². The minimum absolute atomic E-state index is 0. The van der Waals surface area contributed by atoms with E-state index in [2.05, 4.69) is 37.3 Å². The molecule has 0 nitrogen and oxygen atoms in total. The molecule has 0 amide bonds. The van der Waals surface area contributed by atoms with Gasteiger partial charge in [0.1, 0.15) is 0 Å². The summed E-state index contributed by atoms with van der Waals surface area (Å²) >= 11 is 0. The maximum atomic E-state index is 3.11. The molecule has 0 heterocycles. The summed E-state index contributed by atoms with van der Waals surface area (Å²) in [5, 5.41) is 0. The molecule has 0 saturated carbocycles. The van der Waals surface area contributed by atoms with Gasteiger partial charge in [-0.3, -0.25) is 0 Å². The number of benzene rings is 1. The van der Waals surface area contributed by atoms with Gasteiger partial charge in [0.2, 0.25) is 0 Å². The molecule has 0 spiro atoms. The van der Waals surface area contributed by atoms with E-state index < -0.39 is 0 Å². The SMILES string of the molecule is CC=[C-]c1ccc(C)cc1.[Br-].[Mg+2]. The smallest absolute Gasteiger partial charge is 1.00 e. The van der Waals surface area contributed by atoms with Crippen molar-refractivity contribution in [3.8, 4) is 0 Å². The average molecular weight is 235 g/mol. The first-order valence-electron chi connectivity index (χ1n) is 3.44. The monoisotopic (exact) mass is 234 g/mol. The Morgan fingerprint density at radius 2 is 1.67 bits per heavy atom. The zero-order chi connectivity index (χ0) is 7.40. The van der Waals surface area contributed by atoms with Crippen LogP contribution in [0.15, 0.2) is 30.3 Å². The average Bonchev–Trinajstić information content (AvgIpc) is 1.95. The molecule has 0 aliphatic rings. The molecule has 0 unspecified atom stereocenters. The molecule has 0 saturated heterocycles. The van der Waals surface area contributed by atoms with E-state index in [1.807, 2.05) is 13.0 Å². The van der Waals surface area contributed by atoms with Gasteiger partial charge in [0, 0.05) is 0 Å². The maximum Gasteiger partial charge on any atom is 2.00 e. The minimum Gasteiger partial charge on any atom is -1.00 e. The molecule has 0 aliphatic heterocycles. The zero-order valence-corrected chi connectivity index (χ0v) is 10.5. The zero-order valence-electron chi connectivity index (χ0n) is 7.47. The Morgan fingerprint density at radius 3 is 2.08 bits per heavy atom. The molecule has 1 aromatic rings. The Labute approximate surface area is 101 Å². The van der Waals surface area contributed by atoms with E-state index in [-0.39, 0.29) is 40.0 Å². The summed E-state index contributed by atoms with van der Waals surface area (Å²) in [5.74, 6) is 0. The van der Waals surface area contributed by atoms with Gasteiger partial charge in [-0.05, 0) is 6.92 Å². The van der Waals surface area contributed by atoms with Crippen molar-refractivity contribution in [3.05, 3.63) is 47.5 Å². The van der Waals surface area contributed by atoms with E-state index in [9.17, 15) is 0 Å². The third-order valence-corrected chi connectivity index (χ3v) is 1.36.